The summed E-state index contributed by atoms with van der Waals surface area (Å²) in [6, 6.07) is 0. The SMILES string of the molecule is CC(C)(C)NCc1cn(CC(F)(F)F)nn1. The Bertz CT molecular complexity index is 337. The molecule has 0 spiro atoms. The second-order valence-electron chi connectivity index (χ2n) is 4.63. The number of rotatable bonds is 3. The van der Waals surface area contributed by atoms with Crippen LogP contribution >= 0.6 is 0 Å². The van der Waals surface area contributed by atoms with Gasteiger partial charge in [-0.25, -0.2) is 4.68 Å². The predicted molar refractivity (Wildman–Crippen MR) is 52.7 cm³/mol. The number of aromatic nitrogens is 3. The van der Waals surface area contributed by atoms with E-state index in [1.54, 1.807) is 0 Å². The summed E-state index contributed by atoms with van der Waals surface area (Å²) in [5, 5.41) is 10.2. The third-order valence-electron chi connectivity index (χ3n) is 1.73. The van der Waals surface area contributed by atoms with E-state index in [9.17, 15) is 13.2 Å². The van der Waals surface area contributed by atoms with Gasteiger partial charge in [-0.1, -0.05) is 5.21 Å². The summed E-state index contributed by atoms with van der Waals surface area (Å²) in [4.78, 5) is 0. The molecule has 0 aromatic carbocycles. The van der Waals surface area contributed by atoms with Gasteiger partial charge in [-0.05, 0) is 20.8 Å². The molecule has 0 radical (unpaired) electrons. The van der Waals surface area contributed by atoms with Crippen LogP contribution in [-0.2, 0) is 13.1 Å². The van der Waals surface area contributed by atoms with Gasteiger partial charge in [-0.2, -0.15) is 13.2 Å². The number of hydrogen-bond acceptors (Lipinski definition) is 3. The smallest absolute Gasteiger partial charge is 0.306 e. The van der Waals surface area contributed by atoms with Crippen LogP contribution in [0.1, 0.15) is 26.5 Å². The average molecular weight is 236 g/mol. The second kappa shape index (κ2) is 4.40. The molecule has 92 valence electrons. The van der Waals surface area contributed by atoms with E-state index < -0.39 is 12.7 Å². The first-order valence-electron chi connectivity index (χ1n) is 4.86. The van der Waals surface area contributed by atoms with Crippen molar-refractivity contribution in [3.63, 3.8) is 0 Å². The molecule has 0 bridgehead atoms. The monoisotopic (exact) mass is 236 g/mol. The van der Waals surface area contributed by atoms with Gasteiger partial charge in [0.1, 0.15) is 6.54 Å². The highest BCUT2D eigenvalue weighted by molar-refractivity contribution is 4.93. The molecule has 7 heteroatoms. The number of nitrogens with zero attached hydrogens (tertiary/aromatic N) is 3. The van der Waals surface area contributed by atoms with E-state index in [1.807, 2.05) is 20.8 Å². The molecule has 0 aliphatic rings. The summed E-state index contributed by atoms with van der Waals surface area (Å²) in [5.74, 6) is 0. The quantitative estimate of drug-likeness (QED) is 0.869. The zero-order valence-electron chi connectivity index (χ0n) is 9.47. The van der Waals surface area contributed by atoms with Crippen molar-refractivity contribution in [3.05, 3.63) is 11.9 Å². The van der Waals surface area contributed by atoms with Gasteiger partial charge in [-0.15, -0.1) is 5.10 Å². The predicted octanol–water partition coefficient (Wildman–Crippen LogP) is 1.73. The highest BCUT2D eigenvalue weighted by atomic mass is 19.4. The molecule has 1 rings (SSSR count). The summed E-state index contributed by atoms with van der Waals surface area (Å²) in [5.41, 5.74) is 0.396. The van der Waals surface area contributed by atoms with Crippen molar-refractivity contribution < 1.29 is 13.2 Å². The van der Waals surface area contributed by atoms with Crippen molar-refractivity contribution in [1.82, 2.24) is 20.3 Å². The maximum Gasteiger partial charge on any atom is 0.408 e. The Labute approximate surface area is 91.8 Å². The second-order valence-corrected chi connectivity index (χ2v) is 4.63. The van der Waals surface area contributed by atoms with Crippen LogP contribution in [0.5, 0.6) is 0 Å². The van der Waals surface area contributed by atoms with Gasteiger partial charge in [0, 0.05) is 12.1 Å². The molecule has 4 nitrogen and oxygen atoms in total. The van der Waals surface area contributed by atoms with Crippen LogP contribution in [0.2, 0.25) is 0 Å². The third-order valence-corrected chi connectivity index (χ3v) is 1.73. The molecule has 0 saturated carbocycles. The Hall–Kier alpha value is -1.11. The largest absolute Gasteiger partial charge is 0.408 e. The molecule has 1 aromatic heterocycles. The average Bonchev–Trinajstić information content (AvgIpc) is 2.44. The zero-order chi connectivity index (χ0) is 12.4. The first-order chi connectivity index (χ1) is 7.16. The fourth-order valence-electron chi connectivity index (χ4n) is 1.04. The molecule has 16 heavy (non-hydrogen) atoms. The molecule has 0 unspecified atom stereocenters. The fourth-order valence-corrected chi connectivity index (χ4v) is 1.04. The summed E-state index contributed by atoms with van der Waals surface area (Å²) < 4.78 is 36.9. The topological polar surface area (TPSA) is 42.7 Å². The van der Waals surface area contributed by atoms with E-state index in [-0.39, 0.29) is 5.54 Å². The Balaban J connectivity index is 2.52. The molecular formula is C9H15F3N4. The Morgan fingerprint density at radius 3 is 2.44 bits per heavy atom. The molecule has 0 amide bonds. The maximum atomic E-state index is 12.0. The summed E-state index contributed by atoms with van der Waals surface area (Å²) in [6.07, 6.45) is -2.96. The standard InChI is InChI=1S/C9H15F3N4/c1-8(2,3)13-4-7-5-16(15-14-7)6-9(10,11)12/h5,13H,4,6H2,1-3H3. The molecule has 0 saturated heterocycles. The van der Waals surface area contributed by atoms with Crippen molar-refractivity contribution in [2.75, 3.05) is 0 Å². The van der Waals surface area contributed by atoms with Crippen LogP contribution in [0.3, 0.4) is 0 Å². The van der Waals surface area contributed by atoms with Crippen LogP contribution in [0.15, 0.2) is 6.20 Å². The highest BCUT2D eigenvalue weighted by Gasteiger charge is 2.28. The van der Waals surface area contributed by atoms with Crippen LogP contribution in [0.25, 0.3) is 0 Å². The van der Waals surface area contributed by atoms with E-state index in [0.29, 0.717) is 12.2 Å². The van der Waals surface area contributed by atoms with Crippen LogP contribution < -0.4 is 5.32 Å². The van der Waals surface area contributed by atoms with Crippen LogP contribution in [0, 0.1) is 0 Å². The molecule has 1 N–H and O–H groups in total. The van der Waals surface area contributed by atoms with E-state index in [1.165, 1.54) is 6.20 Å². The minimum Gasteiger partial charge on any atom is -0.306 e. The van der Waals surface area contributed by atoms with Gasteiger partial charge in [0.05, 0.1) is 11.9 Å². The van der Waals surface area contributed by atoms with Crippen LogP contribution in [-0.4, -0.2) is 26.7 Å². The number of hydrogen-bond donors (Lipinski definition) is 1. The minimum atomic E-state index is -4.26. The van der Waals surface area contributed by atoms with Crippen molar-refractivity contribution in [2.45, 2.75) is 45.6 Å². The van der Waals surface area contributed by atoms with Gasteiger partial charge in [-0.3, -0.25) is 0 Å². The molecule has 0 fully saturated rings. The molecule has 0 aliphatic heterocycles. The van der Waals surface area contributed by atoms with Crippen molar-refractivity contribution >= 4 is 0 Å². The van der Waals surface area contributed by atoms with Gasteiger partial charge in [0.15, 0.2) is 0 Å². The molecular weight excluding hydrogens is 221 g/mol. The highest BCUT2D eigenvalue weighted by Crippen LogP contribution is 2.16. The van der Waals surface area contributed by atoms with Crippen molar-refractivity contribution in [3.8, 4) is 0 Å². The van der Waals surface area contributed by atoms with Crippen LogP contribution in [0.4, 0.5) is 13.2 Å². The van der Waals surface area contributed by atoms with E-state index >= 15 is 0 Å². The fraction of sp³-hybridized carbons (Fsp3) is 0.778. The Morgan fingerprint density at radius 1 is 1.31 bits per heavy atom. The van der Waals surface area contributed by atoms with Gasteiger partial charge in [0.2, 0.25) is 0 Å². The van der Waals surface area contributed by atoms with Crippen molar-refractivity contribution in [1.29, 1.82) is 0 Å². The molecule has 1 heterocycles. The lowest BCUT2D eigenvalue weighted by Crippen LogP contribution is -2.35. The number of halogens is 3. The van der Waals surface area contributed by atoms with Gasteiger partial charge < -0.3 is 5.32 Å². The van der Waals surface area contributed by atoms with E-state index in [0.717, 1.165) is 4.68 Å². The molecule has 1 aromatic rings. The summed E-state index contributed by atoms with van der Waals surface area (Å²) in [7, 11) is 0. The van der Waals surface area contributed by atoms with E-state index in [2.05, 4.69) is 15.6 Å². The van der Waals surface area contributed by atoms with Gasteiger partial charge in [0.25, 0.3) is 0 Å². The minimum absolute atomic E-state index is 0.103. The third kappa shape index (κ3) is 5.11. The lowest BCUT2D eigenvalue weighted by Gasteiger charge is -2.19. The maximum absolute atomic E-state index is 12.0. The summed E-state index contributed by atoms with van der Waals surface area (Å²) >= 11 is 0. The van der Waals surface area contributed by atoms with Gasteiger partial charge >= 0.3 is 6.18 Å². The number of nitrogens with one attached hydrogen (secondary N) is 1. The van der Waals surface area contributed by atoms with Crippen molar-refractivity contribution in [2.24, 2.45) is 0 Å². The molecule has 0 atom stereocenters. The lowest BCUT2D eigenvalue weighted by atomic mass is 10.1. The Kier molecular flexibility index (Phi) is 3.57. The zero-order valence-corrected chi connectivity index (χ0v) is 9.47. The first-order valence-corrected chi connectivity index (χ1v) is 4.86. The normalized spacial score (nSPS) is 13.1. The Morgan fingerprint density at radius 2 is 1.94 bits per heavy atom. The first kappa shape index (κ1) is 13.0. The lowest BCUT2D eigenvalue weighted by molar-refractivity contribution is -0.142. The summed E-state index contributed by atoms with van der Waals surface area (Å²) in [6.45, 7) is 5.20. The number of alkyl halides is 3. The molecule has 0 aliphatic carbocycles. The van der Waals surface area contributed by atoms with E-state index in [4.69, 9.17) is 0 Å².